The topological polar surface area (TPSA) is 76.3 Å². The first-order valence-corrected chi connectivity index (χ1v) is 8.56. The van der Waals surface area contributed by atoms with Crippen molar-refractivity contribution in [3.8, 4) is 5.69 Å². The van der Waals surface area contributed by atoms with Gasteiger partial charge in [-0.05, 0) is 60.1 Å². The van der Waals surface area contributed by atoms with Crippen LogP contribution < -0.4 is 9.99 Å². The molecule has 0 radical (unpaired) electrons. The van der Waals surface area contributed by atoms with Crippen LogP contribution in [0.5, 0.6) is 0 Å². The van der Waals surface area contributed by atoms with Crippen LogP contribution in [0.3, 0.4) is 0 Å². The van der Waals surface area contributed by atoms with Crippen molar-refractivity contribution in [1.29, 1.82) is 0 Å². The van der Waals surface area contributed by atoms with Crippen molar-refractivity contribution >= 4 is 34.9 Å². The van der Waals surface area contributed by atoms with E-state index in [0.29, 0.717) is 16.3 Å². The average molecular weight is 391 g/mol. The molecule has 9 heteroatoms. The van der Waals surface area contributed by atoms with Crippen molar-refractivity contribution in [1.82, 2.24) is 14.5 Å². The van der Waals surface area contributed by atoms with Crippen molar-refractivity contribution in [3.63, 3.8) is 0 Å². The molecule has 0 aliphatic heterocycles. The fraction of sp³-hybridized carbons (Fsp3) is 0.0588. The van der Waals surface area contributed by atoms with Gasteiger partial charge in [-0.15, -0.1) is 5.10 Å². The van der Waals surface area contributed by atoms with E-state index < -0.39 is 11.8 Å². The molecule has 0 fully saturated rings. The maximum atomic E-state index is 13.1. The van der Waals surface area contributed by atoms with Crippen LogP contribution in [0, 0.1) is 5.82 Å². The van der Waals surface area contributed by atoms with Crippen LogP contribution in [0.1, 0.15) is 20.8 Å². The number of nitrogens with one attached hydrogen (secondary N) is 1. The lowest BCUT2D eigenvalue weighted by atomic mass is 10.2. The summed E-state index contributed by atoms with van der Waals surface area (Å²) in [7, 11) is 1.45. The minimum atomic E-state index is -0.526. The lowest BCUT2D eigenvalue weighted by Gasteiger charge is -1.98. The third kappa shape index (κ3) is 3.87. The summed E-state index contributed by atoms with van der Waals surface area (Å²) in [6, 6.07) is 11.8. The summed E-state index contributed by atoms with van der Waals surface area (Å²) in [5, 5.41) is 7.13. The highest BCUT2D eigenvalue weighted by atomic mass is 35.5. The van der Waals surface area contributed by atoms with Gasteiger partial charge in [0.2, 0.25) is 0 Å². The minimum Gasteiger partial charge on any atom is -0.354 e. The molecule has 1 N–H and O–H groups in total. The Hall–Kier alpha value is -2.84. The molecule has 0 aliphatic rings. The summed E-state index contributed by atoms with van der Waals surface area (Å²) in [5.74, 6) is -1.40. The summed E-state index contributed by atoms with van der Waals surface area (Å²) in [6.45, 7) is 0. The summed E-state index contributed by atoms with van der Waals surface area (Å²) in [6.07, 6.45) is 0. The Bertz CT molecular complexity index is 1030. The molecule has 2 amide bonds. The van der Waals surface area contributed by atoms with Gasteiger partial charge in [-0.2, -0.15) is 9.06 Å². The van der Waals surface area contributed by atoms with Crippen LogP contribution in [0.2, 0.25) is 5.02 Å². The van der Waals surface area contributed by atoms with Crippen molar-refractivity contribution in [3.05, 3.63) is 75.3 Å². The maximum absolute atomic E-state index is 13.1. The summed E-state index contributed by atoms with van der Waals surface area (Å²) in [5.41, 5.74) is 0.880. The molecule has 0 spiro atoms. The minimum absolute atomic E-state index is 0.00383. The number of carbonyl (C=O) groups excluding carboxylic acids is 2. The third-order valence-corrected chi connectivity index (χ3v) is 4.53. The molecular weight excluding hydrogens is 379 g/mol. The second kappa shape index (κ2) is 7.59. The van der Waals surface area contributed by atoms with E-state index in [2.05, 4.69) is 15.4 Å². The largest absolute Gasteiger partial charge is 0.354 e. The first kappa shape index (κ1) is 18.0. The number of rotatable bonds is 3. The van der Waals surface area contributed by atoms with E-state index in [1.165, 1.54) is 35.4 Å². The third-order valence-electron chi connectivity index (χ3n) is 3.35. The van der Waals surface area contributed by atoms with Crippen LogP contribution in [-0.2, 0) is 0 Å². The Morgan fingerprint density at radius 2 is 1.81 bits per heavy atom. The molecule has 0 unspecified atom stereocenters. The number of hydrogen-bond donors (Lipinski definition) is 1. The Labute approximate surface area is 156 Å². The highest BCUT2D eigenvalue weighted by Gasteiger charge is 2.16. The molecule has 3 aromatic rings. The van der Waals surface area contributed by atoms with E-state index in [-0.39, 0.29) is 16.2 Å². The van der Waals surface area contributed by atoms with Gasteiger partial charge in [0, 0.05) is 17.6 Å². The highest BCUT2D eigenvalue weighted by molar-refractivity contribution is 7.04. The van der Waals surface area contributed by atoms with Gasteiger partial charge in [-0.25, -0.2) is 4.39 Å². The fourth-order valence-electron chi connectivity index (χ4n) is 2.04. The summed E-state index contributed by atoms with van der Waals surface area (Å²) >= 11 is 6.81. The Morgan fingerprint density at radius 1 is 1.15 bits per heavy atom. The number of aromatic nitrogens is 2. The molecule has 1 heterocycles. The van der Waals surface area contributed by atoms with Gasteiger partial charge in [0.1, 0.15) is 5.82 Å². The normalized spacial score (nSPS) is 11.4. The Kier molecular flexibility index (Phi) is 5.24. The summed E-state index contributed by atoms with van der Waals surface area (Å²) in [4.78, 5) is 28.4. The second-order valence-electron chi connectivity index (χ2n) is 5.10. The standard InChI is InChI=1S/C17H12ClFN4O2S/c1-20-16(25)14-17(21-15(24)10-2-4-11(18)5-3-10)26-23(22-14)13-8-6-12(19)7-9-13/h2-9H,1H3,(H,20,25). The average Bonchev–Trinajstić information content (AvgIpc) is 3.06. The van der Waals surface area contributed by atoms with Crippen LogP contribution in [0.4, 0.5) is 4.39 Å². The Morgan fingerprint density at radius 3 is 2.42 bits per heavy atom. The molecule has 0 bridgehead atoms. The van der Waals surface area contributed by atoms with Gasteiger partial charge >= 0.3 is 0 Å². The van der Waals surface area contributed by atoms with E-state index in [1.54, 1.807) is 24.3 Å². The number of hydrogen-bond acceptors (Lipinski definition) is 4. The highest BCUT2D eigenvalue weighted by Crippen LogP contribution is 2.12. The van der Waals surface area contributed by atoms with Gasteiger partial charge in [-0.1, -0.05) is 11.6 Å². The van der Waals surface area contributed by atoms with Gasteiger partial charge in [0.25, 0.3) is 11.8 Å². The molecule has 6 nitrogen and oxygen atoms in total. The van der Waals surface area contributed by atoms with Gasteiger partial charge < -0.3 is 5.32 Å². The zero-order valence-corrected chi connectivity index (χ0v) is 15.0. The lowest BCUT2D eigenvalue weighted by Crippen LogP contribution is -2.24. The number of benzene rings is 2. The van der Waals surface area contributed by atoms with Crippen LogP contribution in [0.25, 0.3) is 5.69 Å². The molecule has 2 aromatic carbocycles. The van der Waals surface area contributed by atoms with Gasteiger partial charge in [0.15, 0.2) is 10.4 Å². The van der Waals surface area contributed by atoms with E-state index >= 15 is 0 Å². The summed E-state index contributed by atoms with van der Waals surface area (Å²) < 4.78 is 14.6. The maximum Gasteiger partial charge on any atom is 0.278 e. The number of halogens is 2. The first-order valence-electron chi connectivity index (χ1n) is 7.41. The van der Waals surface area contributed by atoms with Gasteiger partial charge in [0.05, 0.1) is 5.69 Å². The zero-order chi connectivity index (χ0) is 18.7. The molecule has 0 aliphatic carbocycles. The molecule has 26 heavy (non-hydrogen) atoms. The molecule has 0 saturated carbocycles. The van der Waals surface area contributed by atoms with Crippen LogP contribution in [-0.4, -0.2) is 28.0 Å². The predicted octanol–water partition coefficient (Wildman–Crippen LogP) is 2.83. The van der Waals surface area contributed by atoms with E-state index in [0.717, 1.165) is 11.5 Å². The van der Waals surface area contributed by atoms with Crippen LogP contribution >= 0.6 is 23.1 Å². The number of nitrogens with zero attached hydrogens (tertiary/aromatic N) is 3. The number of carbonyl (C=O) groups is 2. The van der Waals surface area contributed by atoms with E-state index in [1.807, 2.05) is 0 Å². The quantitative estimate of drug-likeness (QED) is 0.747. The molecule has 132 valence electrons. The predicted molar refractivity (Wildman–Crippen MR) is 96.1 cm³/mol. The fourth-order valence-corrected chi connectivity index (χ4v) is 3.02. The van der Waals surface area contributed by atoms with Crippen molar-refractivity contribution < 1.29 is 14.0 Å². The zero-order valence-electron chi connectivity index (χ0n) is 13.4. The van der Waals surface area contributed by atoms with E-state index in [9.17, 15) is 14.0 Å². The van der Waals surface area contributed by atoms with Crippen molar-refractivity contribution in [2.45, 2.75) is 0 Å². The monoisotopic (exact) mass is 390 g/mol. The van der Waals surface area contributed by atoms with Crippen molar-refractivity contribution in [2.75, 3.05) is 7.05 Å². The Balaban J connectivity index is 2.07. The smallest absolute Gasteiger partial charge is 0.278 e. The molecule has 1 aromatic heterocycles. The van der Waals surface area contributed by atoms with E-state index in [4.69, 9.17) is 11.6 Å². The molecule has 3 rings (SSSR count). The second-order valence-corrected chi connectivity index (χ2v) is 6.45. The van der Waals surface area contributed by atoms with Crippen molar-refractivity contribution in [2.24, 2.45) is 4.99 Å². The number of amides is 2. The molecule has 0 atom stereocenters. The SMILES string of the molecule is CNC(=O)c1nn(-c2ccc(F)cc2)sc1=NC(=O)c1ccc(Cl)cc1. The molecular formula is C17H12ClFN4O2S. The molecule has 0 saturated heterocycles. The lowest BCUT2D eigenvalue weighted by molar-refractivity contribution is 0.0956. The van der Waals surface area contributed by atoms with Crippen LogP contribution in [0.15, 0.2) is 53.5 Å². The van der Waals surface area contributed by atoms with Gasteiger partial charge in [-0.3, -0.25) is 9.59 Å². The first-order chi connectivity index (χ1) is 12.5.